The molecule has 3 aromatic carbocycles. The molecule has 1 amide bonds. The van der Waals surface area contributed by atoms with Crippen molar-refractivity contribution in [2.24, 2.45) is 0 Å². The van der Waals surface area contributed by atoms with E-state index in [4.69, 9.17) is 11.6 Å². The summed E-state index contributed by atoms with van der Waals surface area (Å²) in [7, 11) is 4.06. The molecule has 0 fully saturated rings. The number of hydrogen-bond acceptors (Lipinski definition) is 6. The Morgan fingerprint density at radius 2 is 1.84 bits per heavy atom. The first kappa shape index (κ1) is 27.0. The number of nitrogens with one attached hydrogen (secondary N) is 3. The highest BCUT2D eigenvalue weighted by atomic mass is 35.5. The van der Waals surface area contributed by atoms with Crippen LogP contribution in [0.1, 0.15) is 22.3 Å². The number of hydrogen-bond donors (Lipinski definition) is 3. The van der Waals surface area contributed by atoms with Crippen LogP contribution >= 0.6 is 11.6 Å². The molecule has 0 aliphatic heterocycles. The van der Waals surface area contributed by atoms with Gasteiger partial charge in [0.2, 0.25) is 5.95 Å². The molecule has 3 N–H and O–H groups in total. The van der Waals surface area contributed by atoms with E-state index in [1.807, 2.05) is 62.6 Å². The van der Waals surface area contributed by atoms with E-state index in [0.717, 1.165) is 29.7 Å². The molecule has 4 rings (SSSR count). The van der Waals surface area contributed by atoms with Crippen LogP contribution in [0.25, 0.3) is 11.1 Å². The summed E-state index contributed by atoms with van der Waals surface area (Å²) in [5.74, 6) is 0.299. The van der Waals surface area contributed by atoms with Crippen LogP contribution in [-0.2, 0) is 6.54 Å². The molecule has 0 spiro atoms. The Bertz CT molecular complexity index is 1380. The van der Waals surface area contributed by atoms with Crippen molar-refractivity contribution >= 4 is 35.0 Å². The van der Waals surface area contributed by atoms with E-state index in [2.05, 4.69) is 30.8 Å². The standard InChI is InChI=1S/C29H30ClFN6O/c1-37(2)15-7-14-32-27-24(19-34-29(36-27)35-23-12-13-26(31)25(30)17-23)21-10-6-11-22(16-21)28(38)33-18-20-8-4-3-5-9-20/h3-6,8-13,16-17,19H,7,14-15,18H2,1-2H3,(H,33,38)(H2,32,34,35,36). The Hall–Kier alpha value is -4.01. The molecular formula is C29H30ClFN6O. The summed E-state index contributed by atoms with van der Waals surface area (Å²) in [4.78, 5) is 24.1. The fourth-order valence-electron chi connectivity index (χ4n) is 3.80. The lowest BCUT2D eigenvalue weighted by Gasteiger charge is -2.15. The molecule has 0 unspecified atom stereocenters. The smallest absolute Gasteiger partial charge is 0.251 e. The van der Waals surface area contributed by atoms with Crippen molar-refractivity contribution in [3.05, 3.63) is 101 Å². The second kappa shape index (κ2) is 13.0. The highest BCUT2D eigenvalue weighted by molar-refractivity contribution is 6.31. The molecule has 0 radical (unpaired) electrons. The predicted molar refractivity (Wildman–Crippen MR) is 151 cm³/mol. The lowest BCUT2D eigenvalue weighted by molar-refractivity contribution is 0.0951. The molecule has 1 heterocycles. The molecule has 0 saturated heterocycles. The number of anilines is 3. The number of rotatable bonds is 11. The minimum Gasteiger partial charge on any atom is -0.369 e. The fourth-order valence-corrected chi connectivity index (χ4v) is 3.98. The van der Waals surface area contributed by atoms with E-state index in [9.17, 15) is 9.18 Å². The van der Waals surface area contributed by atoms with Gasteiger partial charge in [-0.05, 0) is 68.5 Å². The second-order valence-electron chi connectivity index (χ2n) is 9.04. The Labute approximate surface area is 227 Å². The van der Waals surface area contributed by atoms with Crippen LogP contribution in [0.3, 0.4) is 0 Å². The van der Waals surface area contributed by atoms with E-state index in [1.165, 1.54) is 12.1 Å². The summed E-state index contributed by atoms with van der Waals surface area (Å²) in [5.41, 5.74) is 3.71. The first-order chi connectivity index (χ1) is 18.4. The second-order valence-corrected chi connectivity index (χ2v) is 9.45. The number of aromatic nitrogens is 2. The molecule has 0 atom stereocenters. The van der Waals surface area contributed by atoms with Crippen LogP contribution in [0.5, 0.6) is 0 Å². The SMILES string of the molecule is CN(C)CCCNc1nc(Nc2ccc(F)c(Cl)c2)ncc1-c1cccc(C(=O)NCc2ccccc2)c1. The number of halogens is 2. The van der Waals surface area contributed by atoms with Gasteiger partial charge in [0.25, 0.3) is 5.91 Å². The third-order valence-corrected chi connectivity index (χ3v) is 6.06. The van der Waals surface area contributed by atoms with Gasteiger partial charge in [0.05, 0.1) is 5.02 Å². The summed E-state index contributed by atoms with van der Waals surface area (Å²) in [6, 6.07) is 21.5. The lowest BCUT2D eigenvalue weighted by atomic mass is 10.0. The largest absolute Gasteiger partial charge is 0.369 e. The highest BCUT2D eigenvalue weighted by Gasteiger charge is 2.13. The summed E-state index contributed by atoms with van der Waals surface area (Å²) in [6.07, 6.45) is 2.62. The molecule has 1 aromatic heterocycles. The van der Waals surface area contributed by atoms with E-state index in [1.54, 1.807) is 18.3 Å². The average molecular weight is 533 g/mol. The Morgan fingerprint density at radius 3 is 2.61 bits per heavy atom. The maximum atomic E-state index is 13.6. The molecular weight excluding hydrogens is 503 g/mol. The fraction of sp³-hybridized carbons (Fsp3) is 0.207. The Balaban J connectivity index is 1.56. The lowest BCUT2D eigenvalue weighted by Crippen LogP contribution is -2.22. The average Bonchev–Trinajstić information content (AvgIpc) is 2.92. The van der Waals surface area contributed by atoms with Crippen LogP contribution in [0.2, 0.25) is 5.02 Å². The van der Waals surface area contributed by atoms with Crippen LogP contribution in [0, 0.1) is 5.82 Å². The van der Waals surface area contributed by atoms with Gasteiger partial charge >= 0.3 is 0 Å². The van der Waals surface area contributed by atoms with Crippen LogP contribution in [0.4, 0.5) is 21.8 Å². The Morgan fingerprint density at radius 1 is 1.03 bits per heavy atom. The molecule has 0 aliphatic carbocycles. The summed E-state index contributed by atoms with van der Waals surface area (Å²) in [6.45, 7) is 2.06. The third kappa shape index (κ3) is 7.50. The number of carbonyl (C=O) groups is 1. The van der Waals surface area contributed by atoms with Crippen molar-refractivity contribution in [1.29, 1.82) is 0 Å². The first-order valence-corrected chi connectivity index (χ1v) is 12.7. The number of nitrogens with zero attached hydrogens (tertiary/aromatic N) is 3. The molecule has 0 bridgehead atoms. The topological polar surface area (TPSA) is 82.2 Å². The normalized spacial score (nSPS) is 10.9. The van der Waals surface area contributed by atoms with Gasteiger partial charge in [0.15, 0.2) is 0 Å². The maximum absolute atomic E-state index is 13.6. The third-order valence-electron chi connectivity index (χ3n) is 5.77. The predicted octanol–water partition coefficient (Wildman–Crippen LogP) is 5.97. The summed E-state index contributed by atoms with van der Waals surface area (Å²) in [5, 5.41) is 9.46. The van der Waals surface area contributed by atoms with Crippen LogP contribution in [0.15, 0.2) is 79.0 Å². The minimum atomic E-state index is -0.496. The molecule has 38 heavy (non-hydrogen) atoms. The summed E-state index contributed by atoms with van der Waals surface area (Å²) < 4.78 is 13.6. The number of carbonyl (C=O) groups excluding carboxylic acids is 1. The molecule has 0 saturated carbocycles. The van der Waals surface area contributed by atoms with E-state index in [-0.39, 0.29) is 10.9 Å². The van der Waals surface area contributed by atoms with Gasteiger partial charge in [-0.3, -0.25) is 4.79 Å². The quantitative estimate of drug-likeness (QED) is 0.206. The van der Waals surface area contributed by atoms with Crippen LogP contribution < -0.4 is 16.0 Å². The first-order valence-electron chi connectivity index (χ1n) is 12.3. The molecule has 9 heteroatoms. The molecule has 0 aliphatic rings. The zero-order valence-electron chi connectivity index (χ0n) is 21.3. The van der Waals surface area contributed by atoms with Crippen LogP contribution in [-0.4, -0.2) is 48.0 Å². The van der Waals surface area contributed by atoms with Gasteiger partial charge in [0.1, 0.15) is 11.6 Å². The van der Waals surface area contributed by atoms with Gasteiger partial charge in [-0.25, -0.2) is 9.37 Å². The molecule has 4 aromatic rings. The van der Waals surface area contributed by atoms with E-state index in [0.29, 0.717) is 36.1 Å². The van der Waals surface area contributed by atoms with E-state index >= 15 is 0 Å². The van der Waals surface area contributed by atoms with Gasteiger partial charge < -0.3 is 20.9 Å². The van der Waals surface area contributed by atoms with Gasteiger partial charge in [-0.15, -0.1) is 0 Å². The van der Waals surface area contributed by atoms with Crippen molar-refractivity contribution < 1.29 is 9.18 Å². The zero-order chi connectivity index (χ0) is 26.9. The molecule has 7 nitrogen and oxygen atoms in total. The van der Waals surface area contributed by atoms with Crippen molar-refractivity contribution in [2.45, 2.75) is 13.0 Å². The van der Waals surface area contributed by atoms with Gasteiger partial charge in [-0.2, -0.15) is 4.98 Å². The van der Waals surface area contributed by atoms with Crippen molar-refractivity contribution in [1.82, 2.24) is 20.2 Å². The Kier molecular flexibility index (Phi) is 9.24. The number of amides is 1. The minimum absolute atomic E-state index is 0.0102. The van der Waals surface area contributed by atoms with E-state index < -0.39 is 5.82 Å². The van der Waals surface area contributed by atoms with Gasteiger partial charge in [0, 0.05) is 36.1 Å². The van der Waals surface area contributed by atoms with Gasteiger partial charge in [-0.1, -0.05) is 54.1 Å². The maximum Gasteiger partial charge on any atom is 0.251 e. The molecule has 196 valence electrons. The zero-order valence-corrected chi connectivity index (χ0v) is 22.1. The van der Waals surface area contributed by atoms with Crippen molar-refractivity contribution in [3.63, 3.8) is 0 Å². The van der Waals surface area contributed by atoms with Crippen molar-refractivity contribution in [2.75, 3.05) is 37.8 Å². The highest BCUT2D eigenvalue weighted by Crippen LogP contribution is 2.29. The summed E-state index contributed by atoms with van der Waals surface area (Å²) >= 11 is 5.92. The van der Waals surface area contributed by atoms with Crippen molar-refractivity contribution in [3.8, 4) is 11.1 Å². The number of benzene rings is 3. The monoisotopic (exact) mass is 532 g/mol.